The maximum atomic E-state index is 10.8. The van der Waals surface area contributed by atoms with Crippen molar-refractivity contribution in [1.82, 2.24) is 0 Å². The molecule has 0 bridgehead atoms. The van der Waals surface area contributed by atoms with Crippen LogP contribution >= 0.6 is 10.2 Å². The number of carbonyl (C=O) groups excluding carboxylic acids is 1. The van der Waals surface area contributed by atoms with E-state index < -0.39 is 16.2 Å². The van der Waals surface area contributed by atoms with Gasteiger partial charge in [-0.25, -0.2) is 4.79 Å². The lowest BCUT2D eigenvalue weighted by Gasteiger charge is -2.24. The molecule has 0 aliphatic carbocycles. The van der Waals surface area contributed by atoms with Gasteiger partial charge in [-0.05, 0) is 12.5 Å². The van der Waals surface area contributed by atoms with Crippen LogP contribution in [0, 0.1) is 0 Å². The van der Waals surface area contributed by atoms with Gasteiger partial charge in [0.15, 0.2) is 0 Å². The number of hydrogen-bond acceptors (Lipinski definition) is 4. The van der Waals surface area contributed by atoms with E-state index >= 15 is 0 Å². The summed E-state index contributed by atoms with van der Waals surface area (Å²) in [5.41, 5.74) is 5.02. The van der Waals surface area contributed by atoms with Crippen molar-refractivity contribution < 1.29 is 9.53 Å². The first kappa shape index (κ1) is 11.3. The van der Waals surface area contributed by atoms with Crippen LogP contribution in [-0.4, -0.2) is 30.8 Å². The zero-order valence-electron chi connectivity index (χ0n) is 7.50. The third-order valence-electron chi connectivity index (χ3n) is 1.10. The molecule has 4 N–H and O–H groups in total. The first-order valence-electron chi connectivity index (χ1n) is 3.43. The highest BCUT2D eigenvalue weighted by Gasteiger charge is 2.07. The molecule has 12 heavy (non-hydrogen) atoms. The molecule has 0 saturated heterocycles. The Morgan fingerprint density at radius 2 is 2.08 bits per heavy atom. The highest BCUT2D eigenvalue weighted by atomic mass is 32.3. The number of rotatable bonds is 4. The molecule has 0 heterocycles. The summed E-state index contributed by atoms with van der Waals surface area (Å²) < 4.78 is 4.76. The van der Waals surface area contributed by atoms with Gasteiger partial charge in [-0.3, -0.25) is 5.14 Å². The van der Waals surface area contributed by atoms with E-state index in [-0.39, 0.29) is 5.70 Å². The lowest BCUT2D eigenvalue weighted by Crippen LogP contribution is -2.20. The van der Waals surface area contributed by atoms with Crippen LogP contribution in [0.25, 0.3) is 0 Å². The van der Waals surface area contributed by atoms with E-state index in [1.54, 1.807) is 0 Å². The van der Waals surface area contributed by atoms with E-state index in [9.17, 15) is 4.79 Å². The Kier molecular flexibility index (Phi) is 4.12. The van der Waals surface area contributed by atoms with Crippen molar-refractivity contribution in [2.75, 3.05) is 24.9 Å². The molecule has 0 spiro atoms. The Morgan fingerprint density at radius 1 is 1.58 bits per heavy atom. The second kappa shape index (κ2) is 4.37. The zero-order valence-corrected chi connectivity index (χ0v) is 8.32. The summed E-state index contributed by atoms with van der Waals surface area (Å²) >= 11 is 0. The van der Waals surface area contributed by atoms with Crippen LogP contribution in [-0.2, 0) is 9.53 Å². The van der Waals surface area contributed by atoms with E-state index in [1.807, 2.05) is 12.5 Å². The topological polar surface area (TPSA) is 78.3 Å². The monoisotopic (exact) mass is 192 g/mol. The fourth-order valence-electron chi connectivity index (χ4n) is 0.442. The van der Waals surface area contributed by atoms with Crippen LogP contribution < -0.4 is 10.9 Å². The summed E-state index contributed by atoms with van der Waals surface area (Å²) in [4.78, 5) is 10.8. The van der Waals surface area contributed by atoms with Crippen LogP contribution in [0.1, 0.15) is 0 Å². The molecule has 72 valence electrons. The Morgan fingerprint density at radius 3 is 2.42 bits per heavy atom. The third-order valence-corrected chi connectivity index (χ3v) is 2.32. The zero-order chi connectivity index (χ0) is 9.78. The second-order valence-electron chi connectivity index (χ2n) is 2.99. The maximum Gasteiger partial charge on any atom is 0.353 e. The van der Waals surface area contributed by atoms with Gasteiger partial charge in [-0.15, -0.1) is 0 Å². The van der Waals surface area contributed by atoms with Gasteiger partial charge >= 0.3 is 5.97 Å². The molecule has 0 atom stereocenters. The van der Waals surface area contributed by atoms with Crippen LogP contribution in [0.3, 0.4) is 0 Å². The molecule has 0 unspecified atom stereocenters. The molecule has 0 amide bonds. The molecule has 0 aromatic carbocycles. The molecule has 5 heteroatoms. The first-order valence-corrected chi connectivity index (χ1v) is 6.11. The van der Waals surface area contributed by atoms with Crippen molar-refractivity contribution in [3.63, 3.8) is 0 Å². The number of hydrogen-bond donors (Lipinski definition) is 2. The van der Waals surface area contributed by atoms with Crippen molar-refractivity contribution >= 4 is 16.2 Å². The van der Waals surface area contributed by atoms with Crippen LogP contribution in [0.4, 0.5) is 0 Å². The molecule has 0 aromatic rings. The molecular weight excluding hydrogens is 176 g/mol. The molecule has 4 nitrogen and oxygen atoms in total. The Labute approximate surface area is 74.4 Å². The summed E-state index contributed by atoms with van der Waals surface area (Å²) in [5, 5.41) is 5.74. The average molecular weight is 192 g/mol. The Bertz CT molecular complexity index is 186. The van der Waals surface area contributed by atoms with Crippen molar-refractivity contribution in [1.29, 1.82) is 0 Å². The smallest absolute Gasteiger partial charge is 0.353 e. The standard InChI is InChI=1S/C7H16N2O2S/c1-6(8)7(10)11-4-5-12(2,3)9/h1,4-5,8-9H2,2-3H3. The van der Waals surface area contributed by atoms with Gasteiger partial charge in [-0.1, -0.05) is 6.58 Å². The van der Waals surface area contributed by atoms with E-state index in [0.717, 1.165) is 0 Å². The number of ether oxygens (including phenoxy) is 1. The largest absolute Gasteiger partial charge is 0.460 e. The average Bonchev–Trinajstić information content (AvgIpc) is 1.84. The summed E-state index contributed by atoms with van der Waals surface area (Å²) in [6.45, 7) is 3.56. The number of esters is 1. The van der Waals surface area contributed by atoms with Gasteiger partial charge in [0.1, 0.15) is 12.3 Å². The SMILES string of the molecule is C=C(N)C(=O)OCCS(C)(C)N. The van der Waals surface area contributed by atoms with Crippen LogP contribution in [0.5, 0.6) is 0 Å². The second-order valence-corrected chi connectivity index (χ2v) is 6.64. The van der Waals surface area contributed by atoms with Gasteiger partial charge in [0.2, 0.25) is 0 Å². The van der Waals surface area contributed by atoms with Gasteiger partial charge < -0.3 is 10.5 Å². The van der Waals surface area contributed by atoms with Gasteiger partial charge in [0.05, 0.1) is 0 Å². The summed E-state index contributed by atoms with van der Waals surface area (Å²) in [6, 6.07) is 0. The predicted molar refractivity (Wildman–Crippen MR) is 52.8 cm³/mol. The quantitative estimate of drug-likeness (QED) is 0.483. The normalized spacial score (nSPS) is 12.2. The van der Waals surface area contributed by atoms with E-state index in [0.29, 0.717) is 12.4 Å². The number of carbonyl (C=O) groups is 1. The molecule has 0 saturated carbocycles. The lowest BCUT2D eigenvalue weighted by atomic mass is 10.5. The van der Waals surface area contributed by atoms with Crippen molar-refractivity contribution in [3.05, 3.63) is 12.3 Å². The summed E-state index contributed by atoms with van der Waals surface area (Å²) in [6.07, 6.45) is 3.89. The van der Waals surface area contributed by atoms with Crippen LogP contribution in [0.15, 0.2) is 12.3 Å². The Balaban J connectivity index is 3.58. The molecule has 0 radical (unpaired) electrons. The molecular formula is C7H16N2O2S. The molecule has 0 aromatic heterocycles. The molecule has 0 aliphatic rings. The van der Waals surface area contributed by atoms with Crippen LogP contribution in [0.2, 0.25) is 0 Å². The summed E-state index contributed by atoms with van der Waals surface area (Å²) in [7, 11) is -1.09. The minimum absolute atomic E-state index is 0.0696. The summed E-state index contributed by atoms with van der Waals surface area (Å²) in [5.74, 6) is 0.130. The van der Waals surface area contributed by atoms with Gasteiger partial charge in [0.25, 0.3) is 0 Å². The molecule has 0 fully saturated rings. The Hall–Kier alpha value is -0.680. The third kappa shape index (κ3) is 6.06. The minimum atomic E-state index is -1.09. The molecule has 0 aliphatic heterocycles. The molecule has 0 rings (SSSR count). The lowest BCUT2D eigenvalue weighted by molar-refractivity contribution is -0.138. The van der Waals surface area contributed by atoms with Crippen molar-refractivity contribution in [2.24, 2.45) is 10.9 Å². The first-order chi connectivity index (χ1) is 5.33. The van der Waals surface area contributed by atoms with Crippen molar-refractivity contribution in [3.8, 4) is 0 Å². The fourth-order valence-corrected chi connectivity index (χ4v) is 0.955. The van der Waals surface area contributed by atoms with Gasteiger partial charge in [0, 0.05) is 5.75 Å². The van der Waals surface area contributed by atoms with E-state index in [2.05, 4.69) is 6.58 Å². The highest BCUT2D eigenvalue weighted by molar-refractivity contribution is 8.30. The predicted octanol–water partition coefficient (Wildman–Crippen LogP) is -0.0601. The van der Waals surface area contributed by atoms with Gasteiger partial charge in [-0.2, -0.15) is 10.2 Å². The van der Waals surface area contributed by atoms with E-state index in [4.69, 9.17) is 15.6 Å². The minimum Gasteiger partial charge on any atom is -0.460 e. The maximum absolute atomic E-state index is 10.8. The van der Waals surface area contributed by atoms with Crippen molar-refractivity contribution in [2.45, 2.75) is 0 Å². The number of nitrogens with two attached hydrogens (primary N) is 2. The highest BCUT2D eigenvalue weighted by Crippen LogP contribution is 2.28. The fraction of sp³-hybridized carbons (Fsp3) is 0.571. The van der Waals surface area contributed by atoms with E-state index in [1.165, 1.54) is 0 Å².